The number of carbonyl (C=O) groups is 3. The van der Waals surface area contributed by atoms with Crippen LogP contribution < -0.4 is 5.32 Å². The van der Waals surface area contributed by atoms with E-state index in [1.807, 2.05) is 0 Å². The van der Waals surface area contributed by atoms with Gasteiger partial charge in [0.05, 0.1) is 0 Å². The number of nitrogens with one attached hydrogen (secondary N) is 1. The number of aliphatic carboxylic acids is 1. The third-order valence-electron chi connectivity index (χ3n) is 4.07. The molecular formula is C14H15N3O5S2. The van der Waals surface area contributed by atoms with Crippen LogP contribution in [-0.4, -0.2) is 60.9 Å². The van der Waals surface area contributed by atoms with Gasteiger partial charge >= 0.3 is 5.97 Å². The van der Waals surface area contributed by atoms with Gasteiger partial charge in [0.15, 0.2) is 5.71 Å². The molecule has 0 bridgehead atoms. The van der Waals surface area contributed by atoms with Crippen LogP contribution in [0.5, 0.6) is 0 Å². The van der Waals surface area contributed by atoms with Gasteiger partial charge in [-0.3, -0.25) is 9.59 Å². The van der Waals surface area contributed by atoms with E-state index in [9.17, 15) is 19.5 Å². The summed E-state index contributed by atoms with van der Waals surface area (Å²) in [5, 5.41) is 26.9. The molecular weight excluding hydrogens is 354 g/mol. The van der Waals surface area contributed by atoms with Crippen molar-refractivity contribution in [1.82, 2.24) is 10.2 Å². The molecule has 1 aromatic rings. The molecule has 2 amide bonds. The zero-order valence-electron chi connectivity index (χ0n) is 12.8. The summed E-state index contributed by atoms with van der Waals surface area (Å²) in [7, 11) is 0. The fourth-order valence-electron chi connectivity index (χ4n) is 2.99. The number of hydrogen-bond donors (Lipinski definition) is 3. The number of rotatable bonds is 4. The first-order valence-electron chi connectivity index (χ1n) is 7.06. The number of carboxylic acids is 1. The zero-order chi connectivity index (χ0) is 17.6. The van der Waals surface area contributed by atoms with E-state index in [0.29, 0.717) is 5.56 Å². The lowest BCUT2D eigenvalue weighted by atomic mass is 9.96. The van der Waals surface area contributed by atoms with E-state index in [2.05, 4.69) is 10.5 Å². The van der Waals surface area contributed by atoms with Crippen molar-refractivity contribution in [2.45, 2.75) is 36.1 Å². The minimum Gasteiger partial charge on any atom is -0.480 e. The fraction of sp³-hybridized carbons (Fsp3) is 0.429. The number of fused-ring (bicyclic) bond motifs is 1. The lowest BCUT2D eigenvalue weighted by molar-refractivity contribution is -0.160. The van der Waals surface area contributed by atoms with Crippen molar-refractivity contribution < 1.29 is 24.7 Å². The van der Waals surface area contributed by atoms with Gasteiger partial charge in [0.2, 0.25) is 5.91 Å². The Labute approximate surface area is 145 Å². The predicted octanol–water partition coefficient (Wildman–Crippen LogP) is 0.558. The van der Waals surface area contributed by atoms with Gasteiger partial charge in [0.25, 0.3) is 5.91 Å². The van der Waals surface area contributed by atoms with Crippen LogP contribution in [0.25, 0.3) is 0 Å². The topological polar surface area (TPSA) is 119 Å². The summed E-state index contributed by atoms with van der Waals surface area (Å²) >= 11 is 2.68. The Morgan fingerprint density at radius 1 is 1.42 bits per heavy atom. The highest BCUT2D eigenvalue weighted by Gasteiger charge is 2.64. The largest absolute Gasteiger partial charge is 0.480 e. The van der Waals surface area contributed by atoms with Gasteiger partial charge in [-0.1, -0.05) is 5.16 Å². The predicted molar refractivity (Wildman–Crippen MR) is 88.3 cm³/mol. The monoisotopic (exact) mass is 369 g/mol. The maximum atomic E-state index is 12.3. The molecule has 3 atom stereocenters. The first-order chi connectivity index (χ1) is 11.3. The molecule has 3 heterocycles. The molecule has 2 aliphatic rings. The van der Waals surface area contributed by atoms with Crippen molar-refractivity contribution in [2.24, 2.45) is 5.16 Å². The molecule has 24 heavy (non-hydrogen) atoms. The van der Waals surface area contributed by atoms with Crippen molar-refractivity contribution in [2.75, 3.05) is 0 Å². The number of amides is 2. The molecule has 1 aromatic heterocycles. The molecule has 3 rings (SSSR count). The van der Waals surface area contributed by atoms with Crippen LogP contribution in [0.2, 0.25) is 0 Å². The number of β-lactam (4-membered cyclic amide) rings is 1. The summed E-state index contributed by atoms with van der Waals surface area (Å²) < 4.78 is -0.660. The van der Waals surface area contributed by atoms with E-state index in [-0.39, 0.29) is 5.71 Å². The van der Waals surface area contributed by atoms with Crippen molar-refractivity contribution in [3.63, 3.8) is 0 Å². The third kappa shape index (κ3) is 2.46. The molecule has 0 aliphatic carbocycles. The Morgan fingerprint density at radius 2 is 2.12 bits per heavy atom. The molecule has 3 N–H and O–H groups in total. The van der Waals surface area contributed by atoms with Crippen molar-refractivity contribution >= 4 is 46.6 Å². The highest BCUT2D eigenvalue weighted by atomic mass is 32.2. The van der Waals surface area contributed by atoms with Crippen LogP contribution >= 0.6 is 23.1 Å². The van der Waals surface area contributed by atoms with Gasteiger partial charge < -0.3 is 20.5 Å². The Balaban J connectivity index is 1.76. The van der Waals surface area contributed by atoms with E-state index < -0.39 is 40.0 Å². The number of carboxylic acid groups (broad SMARTS) is 1. The van der Waals surface area contributed by atoms with Crippen molar-refractivity contribution in [3.05, 3.63) is 22.4 Å². The van der Waals surface area contributed by atoms with Gasteiger partial charge in [-0.2, -0.15) is 11.3 Å². The summed E-state index contributed by atoms with van der Waals surface area (Å²) in [5.74, 6) is -2.18. The average Bonchev–Trinajstić information content (AvgIpc) is 3.10. The summed E-state index contributed by atoms with van der Waals surface area (Å²) in [6.45, 7) is 3.51. The summed E-state index contributed by atoms with van der Waals surface area (Å²) in [5.41, 5.74) is 0.269. The molecule has 2 saturated heterocycles. The highest BCUT2D eigenvalue weighted by Crippen LogP contribution is 2.50. The van der Waals surface area contributed by atoms with E-state index in [1.54, 1.807) is 30.7 Å². The number of nitrogens with zero attached hydrogens (tertiary/aromatic N) is 2. The van der Waals surface area contributed by atoms with Gasteiger partial charge in [-0.15, -0.1) is 11.8 Å². The lowest BCUT2D eigenvalue weighted by Crippen LogP contribution is -2.71. The van der Waals surface area contributed by atoms with Crippen LogP contribution in [0.3, 0.4) is 0 Å². The maximum absolute atomic E-state index is 12.3. The summed E-state index contributed by atoms with van der Waals surface area (Å²) in [6, 6.07) is -0.139. The lowest BCUT2D eigenvalue weighted by Gasteiger charge is -2.43. The van der Waals surface area contributed by atoms with Gasteiger partial charge in [-0.25, -0.2) is 4.79 Å². The van der Waals surface area contributed by atoms with E-state index >= 15 is 0 Å². The second-order valence-electron chi connectivity index (χ2n) is 6.01. The first kappa shape index (κ1) is 16.8. The van der Waals surface area contributed by atoms with Gasteiger partial charge in [-0.05, 0) is 25.3 Å². The highest BCUT2D eigenvalue weighted by molar-refractivity contribution is 8.01. The standard InChI is InChI=1S/C14H15N3O5S2/c1-14(2)9(13(20)21)17-11(19)8(12(17)24-14)15-10(18)7(16-22)6-3-4-23-5-6/h3-5,8-9,12,22H,1-2H3,(H,15,18)(H,20,21)/b16-7+/t8-,9+,12-/m1/s1. The average molecular weight is 369 g/mol. The molecule has 0 saturated carbocycles. The molecule has 8 nitrogen and oxygen atoms in total. The minimum atomic E-state index is -1.07. The molecule has 2 fully saturated rings. The second kappa shape index (κ2) is 5.78. The minimum absolute atomic E-state index is 0.181. The van der Waals surface area contributed by atoms with E-state index in [0.717, 1.165) is 0 Å². The maximum Gasteiger partial charge on any atom is 0.327 e. The van der Waals surface area contributed by atoms with Gasteiger partial charge in [0, 0.05) is 15.7 Å². The Kier molecular flexibility index (Phi) is 4.04. The molecule has 2 aliphatic heterocycles. The SMILES string of the molecule is CC1(C)S[C@@H]2[C@H](NC(=O)/C(=N/O)c3ccsc3)C(=O)N2[C@H]1C(=O)O. The van der Waals surface area contributed by atoms with Gasteiger partial charge in [0.1, 0.15) is 17.5 Å². The van der Waals surface area contributed by atoms with E-state index in [1.165, 1.54) is 28.0 Å². The smallest absolute Gasteiger partial charge is 0.327 e. The van der Waals surface area contributed by atoms with Crippen LogP contribution in [0.1, 0.15) is 19.4 Å². The molecule has 0 spiro atoms. The summed E-state index contributed by atoms with van der Waals surface area (Å²) in [4.78, 5) is 37.3. The van der Waals surface area contributed by atoms with Crippen molar-refractivity contribution in [3.8, 4) is 0 Å². The molecule has 0 aromatic carbocycles. The number of hydrogen-bond acceptors (Lipinski definition) is 7. The molecule has 128 valence electrons. The van der Waals surface area contributed by atoms with E-state index in [4.69, 9.17) is 5.21 Å². The second-order valence-corrected chi connectivity index (χ2v) is 8.56. The molecule has 0 unspecified atom stereocenters. The van der Waals surface area contributed by atoms with Crippen LogP contribution in [0.15, 0.2) is 22.0 Å². The quantitative estimate of drug-likeness (QED) is 0.309. The zero-order valence-corrected chi connectivity index (χ0v) is 14.4. The number of carbonyl (C=O) groups excluding carboxylic acids is 2. The first-order valence-corrected chi connectivity index (χ1v) is 8.88. The molecule has 0 radical (unpaired) electrons. The summed E-state index contributed by atoms with van der Waals surface area (Å²) in [6.07, 6.45) is 0. The van der Waals surface area contributed by atoms with Crippen molar-refractivity contribution in [1.29, 1.82) is 0 Å². The number of thioether (sulfide) groups is 1. The van der Waals surface area contributed by atoms with Crippen LogP contribution in [0.4, 0.5) is 0 Å². The third-order valence-corrected chi connectivity index (χ3v) is 6.33. The normalized spacial score (nSPS) is 28.2. The molecule has 10 heteroatoms. The van der Waals surface area contributed by atoms with Crippen LogP contribution in [-0.2, 0) is 14.4 Å². The Morgan fingerprint density at radius 3 is 2.67 bits per heavy atom. The Hall–Kier alpha value is -2.07. The fourth-order valence-corrected chi connectivity index (χ4v) is 5.25. The number of thiophene rings is 1. The Bertz CT molecular complexity index is 731. The number of oxime groups is 1. The van der Waals surface area contributed by atoms with Crippen LogP contribution in [0, 0.1) is 0 Å².